The predicted molar refractivity (Wildman–Crippen MR) is 52.9 cm³/mol. The van der Waals surface area contributed by atoms with E-state index in [2.05, 4.69) is 0 Å². The molecule has 0 amide bonds. The highest BCUT2D eigenvalue weighted by molar-refractivity contribution is 5.37. The summed E-state index contributed by atoms with van der Waals surface area (Å²) in [6.07, 6.45) is -10.1. The summed E-state index contributed by atoms with van der Waals surface area (Å²) in [4.78, 5) is 0. The molecule has 22 heavy (non-hydrogen) atoms. The molecule has 0 nitrogen and oxygen atoms in total. The van der Waals surface area contributed by atoms with E-state index in [1.807, 2.05) is 0 Å². The first-order valence-electron chi connectivity index (χ1n) is 5.59. The molecule has 0 radical (unpaired) electrons. The molecule has 0 spiro atoms. The number of rotatable bonds is 1. The molecular weight excluding hydrogens is 334 g/mol. The van der Waals surface area contributed by atoms with Gasteiger partial charge in [0.05, 0.1) is 5.92 Å². The number of halogens is 10. The summed E-state index contributed by atoms with van der Waals surface area (Å²) in [5.74, 6) is -21.1. The smallest absolute Gasteiger partial charge is 0.200 e. The second kappa shape index (κ2) is 5.47. The van der Waals surface area contributed by atoms with E-state index in [-0.39, 0.29) is 0 Å². The topological polar surface area (TPSA) is 0 Å². The summed E-state index contributed by atoms with van der Waals surface area (Å²) >= 11 is 0. The third-order valence-electron chi connectivity index (χ3n) is 3.20. The molecular formula is C12H4F10. The SMILES string of the molecule is FC1=C(F)[C@@H](c2c(F)c(F)c(F)c(F)c2F)[C@H](F)[C@H](F)[C@H]1F. The number of benzene rings is 1. The molecule has 0 bridgehead atoms. The van der Waals surface area contributed by atoms with Gasteiger partial charge < -0.3 is 0 Å². The van der Waals surface area contributed by atoms with E-state index in [1.54, 1.807) is 0 Å². The van der Waals surface area contributed by atoms with Crippen LogP contribution in [-0.2, 0) is 0 Å². The molecule has 0 N–H and O–H groups in total. The van der Waals surface area contributed by atoms with Crippen molar-refractivity contribution in [1.29, 1.82) is 0 Å². The van der Waals surface area contributed by atoms with Gasteiger partial charge in [0.1, 0.15) is 12.0 Å². The van der Waals surface area contributed by atoms with Crippen molar-refractivity contribution < 1.29 is 43.9 Å². The number of hydrogen-bond donors (Lipinski definition) is 0. The van der Waals surface area contributed by atoms with E-state index in [0.717, 1.165) is 0 Å². The first-order chi connectivity index (χ1) is 10.1. The van der Waals surface area contributed by atoms with Gasteiger partial charge in [0.25, 0.3) is 0 Å². The maximum Gasteiger partial charge on any atom is 0.200 e. The lowest BCUT2D eigenvalue weighted by molar-refractivity contribution is 0.0517. The average Bonchev–Trinajstić information content (AvgIpc) is 2.50. The lowest BCUT2D eigenvalue weighted by atomic mass is 9.83. The molecule has 2 rings (SSSR count). The summed E-state index contributed by atoms with van der Waals surface area (Å²) < 4.78 is 132. The summed E-state index contributed by atoms with van der Waals surface area (Å²) in [6, 6.07) is 0. The zero-order chi connectivity index (χ0) is 16.9. The van der Waals surface area contributed by atoms with Gasteiger partial charge in [0.15, 0.2) is 41.4 Å². The zero-order valence-corrected chi connectivity index (χ0v) is 10.1. The van der Waals surface area contributed by atoms with Crippen LogP contribution in [0.1, 0.15) is 11.5 Å². The monoisotopic (exact) mass is 338 g/mol. The fourth-order valence-electron chi connectivity index (χ4n) is 2.09. The van der Waals surface area contributed by atoms with Crippen molar-refractivity contribution in [1.82, 2.24) is 0 Å². The number of alkyl halides is 3. The molecule has 0 saturated heterocycles. The Labute approximate surface area is 116 Å². The molecule has 10 heteroatoms. The number of hydrogen-bond acceptors (Lipinski definition) is 0. The molecule has 0 saturated carbocycles. The minimum absolute atomic E-state index is 2.11. The lowest BCUT2D eigenvalue weighted by Gasteiger charge is -2.30. The van der Waals surface area contributed by atoms with Gasteiger partial charge in [-0.15, -0.1) is 0 Å². The average molecular weight is 338 g/mol. The van der Waals surface area contributed by atoms with E-state index >= 15 is 0 Å². The van der Waals surface area contributed by atoms with Crippen molar-refractivity contribution in [2.24, 2.45) is 0 Å². The first kappa shape index (κ1) is 16.6. The Morgan fingerprint density at radius 2 is 0.909 bits per heavy atom. The van der Waals surface area contributed by atoms with Crippen molar-refractivity contribution >= 4 is 0 Å². The van der Waals surface area contributed by atoms with E-state index in [9.17, 15) is 43.9 Å². The highest BCUT2D eigenvalue weighted by Gasteiger charge is 2.50. The summed E-state index contributed by atoms with van der Waals surface area (Å²) in [5.41, 5.74) is -2.11. The van der Waals surface area contributed by atoms with Crippen LogP contribution in [0.15, 0.2) is 11.7 Å². The maximum atomic E-state index is 13.6. The van der Waals surface area contributed by atoms with Crippen LogP contribution in [0.5, 0.6) is 0 Å². The third-order valence-corrected chi connectivity index (χ3v) is 3.20. The normalized spacial score (nSPS) is 29.2. The standard InChI is InChI=1S/C12H4F10/c13-3-1(4(14)8(18)11(21)7(3)17)2-5(15)9(19)12(22)10(20)6(2)16/h1,3,7,11H/t1-,3-,7-,11+/m0/s1. The van der Waals surface area contributed by atoms with Crippen LogP contribution in [0.25, 0.3) is 0 Å². The lowest BCUT2D eigenvalue weighted by Crippen LogP contribution is -2.39. The summed E-state index contributed by atoms with van der Waals surface area (Å²) in [5, 5.41) is 0. The molecule has 0 heterocycles. The van der Waals surface area contributed by atoms with Crippen LogP contribution in [0.2, 0.25) is 0 Å². The molecule has 122 valence electrons. The molecule has 0 aromatic heterocycles. The van der Waals surface area contributed by atoms with Crippen molar-refractivity contribution in [3.05, 3.63) is 46.3 Å². The maximum absolute atomic E-state index is 13.6. The Kier molecular flexibility index (Phi) is 4.14. The van der Waals surface area contributed by atoms with E-state index in [4.69, 9.17) is 0 Å². The molecule has 4 atom stereocenters. The second-order valence-corrected chi connectivity index (χ2v) is 4.45. The Morgan fingerprint density at radius 3 is 1.36 bits per heavy atom. The van der Waals surface area contributed by atoms with Crippen molar-refractivity contribution in [2.45, 2.75) is 24.4 Å². The van der Waals surface area contributed by atoms with Crippen LogP contribution >= 0.6 is 0 Å². The quantitative estimate of drug-likeness (QED) is 0.397. The highest BCUT2D eigenvalue weighted by atomic mass is 19.2. The van der Waals surface area contributed by atoms with E-state index in [1.165, 1.54) is 0 Å². The Morgan fingerprint density at radius 1 is 0.500 bits per heavy atom. The third kappa shape index (κ3) is 2.15. The summed E-state index contributed by atoms with van der Waals surface area (Å²) in [7, 11) is 0. The molecule has 1 aliphatic rings. The van der Waals surface area contributed by atoms with Gasteiger partial charge in [-0.2, -0.15) is 0 Å². The minimum Gasteiger partial charge on any atom is -0.243 e. The van der Waals surface area contributed by atoms with Crippen molar-refractivity contribution in [2.75, 3.05) is 0 Å². The second-order valence-electron chi connectivity index (χ2n) is 4.45. The largest absolute Gasteiger partial charge is 0.243 e. The Hall–Kier alpha value is -1.74. The molecule has 0 unspecified atom stereocenters. The fourth-order valence-corrected chi connectivity index (χ4v) is 2.09. The van der Waals surface area contributed by atoms with Crippen molar-refractivity contribution in [3.8, 4) is 0 Å². The van der Waals surface area contributed by atoms with Crippen molar-refractivity contribution in [3.63, 3.8) is 0 Å². The Bertz CT molecular complexity index is 623. The molecule has 1 aliphatic carbocycles. The molecule has 0 aliphatic heterocycles. The van der Waals surface area contributed by atoms with E-state index in [0.29, 0.717) is 0 Å². The van der Waals surface area contributed by atoms with Gasteiger partial charge in [-0.05, 0) is 0 Å². The molecule has 1 aromatic carbocycles. The van der Waals surface area contributed by atoms with E-state index < -0.39 is 70.7 Å². The van der Waals surface area contributed by atoms with Crippen LogP contribution < -0.4 is 0 Å². The molecule has 1 aromatic rings. The number of allylic oxidation sites excluding steroid dienone is 2. The van der Waals surface area contributed by atoms with Crippen LogP contribution in [-0.4, -0.2) is 18.5 Å². The van der Waals surface area contributed by atoms with Gasteiger partial charge in [-0.25, -0.2) is 43.9 Å². The van der Waals surface area contributed by atoms with Crippen LogP contribution in [0, 0.1) is 29.1 Å². The fraction of sp³-hybridized carbons (Fsp3) is 0.333. The van der Waals surface area contributed by atoms with Crippen LogP contribution in [0.3, 0.4) is 0 Å². The van der Waals surface area contributed by atoms with Gasteiger partial charge in [0.2, 0.25) is 5.82 Å². The summed E-state index contributed by atoms with van der Waals surface area (Å²) in [6.45, 7) is 0. The minimum atomic E-state index is -3.39. The van der Waals surface area contributed by atoms with Gasteiger partial charge in [0, 0.05) is 5.56 Å². The molecule has 0 fully saturated rings. The zero-order valence-electron chi connectivity index (χ0n) is 10.1. The Balaban J connectivity index is 2.76. The van der Waals surface area contributed by atoms with Crippen LogP contribution in [0.4, 0.5) is 43.9 Å². The predicted octanol–water partition coefficient (Wildman–Crippen LogP) is 4.64. The first-order valence-corrected chi connectivity index (χ1v) is 5.59. The van der Waals surface area contributed by atoms with Gasteiger partial charge >= 0.3 is 0 Å². The van der Waals surface area contributed by atoms with Gasteiger partial charge in [-0.1, -0.05) is 0 Å². The van der Waals surface area contributed by atoms with Gasteiger partial charge in [-0.3, -0.25) is 0 Å². The highest BCUT2D eigenvalue weighted by Crippen LogP contribution is 2.45.